The maximum absolute atomic E-state index is 11.0. The maximum Gasteiger partial charge on any atom is 0.264 e. The minimum absolute atomic E-state index is 0. The van der Waals surface area contributed by atoms with Gasteiger partial charge in [-0.3, -0.25) is 4.18 Å². The van der Waals surface area contributed by atoms with E-state index in [1.807, 2.05) is 27.7 Å². The quantitative estimate of drug-likeness (QED) is 0.156. The van der Waals surface area contributed by atoms with Crippen LogP contribution >= 0.6 is 0 Å². The number of hydrogen-bond acceptors (Lipinski definition) is 17. The van der Waals surface area contributed by atoms with Gasteiger partial charge in [-0.1, -0.05) is 21.3 Å². The van der Waals surface area contributed by atoms with Gasteiger partial charge in [0.1, 0.15) is 54.9 Å². The van der Waals surface area contributed by atoms with Gasteiger partial charge >= 0.3 is 0 Å². The maximum atomic E-state index is 11.0. The normalized spacial score (nSPS) is 39.9. The van der Waals surface area contributed by atoms with Crippen molar-refractivity contribution in [1.29, 1.82) is 0 Å². The smallest absolute Gasteiger partial charge is 0.264 e. The molecule has 0 saturated carbocycles. The zero-order chi connectivity index (χ0) is 33.6. The fraction of sp³-hybridized carbons (Fsp3) is 1.00. The first-order valence-corrected chi connectivity index (χ1v) is 16.1. The number of rotatable bonds is 6. The first kappa shape index (κ1) is 45.4. The van der Waals surface area contributed by atoms with Crippen LogP contribution in [0.2, 0.25) is 0 Å². The molecule has 273 valence electrons. The third kappa shape index (κ3) is 12.1. The second-order valence-corrected chi connectivity index (χ2v) is 12.8. The van der Waals surface area contributed by atoms with E-state index in [0.29, 0.717) is 0 Å². The predicted molar refractivity (Wildman–Crippen MR) is 161 cm³/mol. The molecule has 0 spiro atoms. The Labute approximate surface area is 273 Å². The highest BCUT2D eigenvalue weighted by atomic mass is 32.2. The Hall–Kier alpha value is -0.585. The Morgan fingerprint density at radius 3 is 1.57 bits per heavy atom. The predicted octanol–water partition coefficient (Wildman–Crippen LogP) is -1.58. The monoisotopic (exact) mass is 693 g/mol. The summed E-state index contributed by atoms with van der Waals surface area (Å²) in [7, 11) is -0.462. The molecule has 46 heavy (non-hydrogen) atoms. The van der Waals surface area contributed by atoms with E-state index in [0.717, 1.165) is 6.26 Å². The van der Waals surface area contributed by atoms with Crippen LogP contribution in [0.25, 0.3) is 0 Å². The van der Waals surface area contributed by atoms with Crippen LogP contribution in [0.15, 0.2) is 0 Å². The summed E-state index contributed by atoms with van der Waals surface area (Å²) in [6, 6.07) is 0. The Kier molecular flexibility index (Phi) is 18.7. The Bertz CT molecular complexity index is 938. The standard InChI is InChI=1S/C10H18O7S.C9H16O5.C5H10O5.C2H6.CH4.B/c1-10(2)16-7-6(5-14-18(4,11)12)15-9(13-3)8(7)17-10;1-9(2)13-6-5(4-10)12-8(11-3)7(6)14-9;6-2-1-10-5(9)4(8)3(2)7;1-2;;/h6-9H,5H2,1-4H3;5-8,10H,4H2,1-3H3;2-9H,1H2;1-2H3;1H4;/t6-,7-,8-,9?;5-,6-,7-,8?;2-,3-,4-,5?;;;/m111.../s1. The van der Waals surface area contributed by atoms with E-state index in [1.54, 1.807) is 21.0 Å². The molecule has 0 aromatic rings. The summed E-state index contributed by atoms with van der Waals surface area (Å²) in [4.78, 5) is 0. The van der Waals surface area contributed by atoms with Gasteiger partial charge in [-0.2, -0.15) is 8.42 Å². The third-order valence-corrected chi connectivity index (χ3v) is 7.34. The summed E-state index contributed by atoms with van der Waals surface area (Å²) in [6.45, 7) is 10.9. The van der Waals surface area contributed by atoms with Crippen LogP contribution in [0.1, 0.15) is 49.0 Å². The SMILES string of the molecule is C.CC.COC1O[C@H](CO)[C@H]2OC(C)(C)O[C@@H]12.COC1O[C@H](COS(C)(=O)=O)[C@H]2OC(C)(C)O[C@@H]12.OC1OC[C@@H](O)[C@@H](O)[C@H]1O.[B]. The molecule has 3 unspecified atom stereocenters. The van der Waals surface area contributed by atoms with Crippen LogP contribution in [0.5, 0.6) is 0 Å². The van der Waals surface area contributed by atoms with Crippen molar-refractivity contribution in [2.75, 3.05) is 40.3 Å². The average molecular weight is 694 g/mol. The molecule has 5 heterocycles. The lowest BCUT2D eigenvalue weighted by molar-refractivity contribution is -0.252. The van der Waals surface area contributed by atoms with Gasteiger partial charge in [-0.05, 0) is 27.7 Å². The van der Waals surface area contributed by atoms with Crippen molar-refractivity contribution in [2.45, 2.75) is 134 Å². The number of ether oxygens (including phenoxy) is 9. The summed E-state index contributed by atoms with van der Waals surface area (Å²) < 4.78 is 74.9. The lowest BCUT2D eigenvalue weighted by Crippen LogP contribution is -2.52. The first-order valence-electron chi connectivity index (χ1n) is 14.3. The van der Waals surface area contributed by atoms with Crippen molar-refractivity contribution in [1.82, 2.24) is 0 Å². The van der Waals surface area contributed by atoms with Gasteiger partial charge in [-0.15, -0.1) is 0 Å². The van der Waals surface area contributed by atoms with E-state index in [2.05, 4.69) is 4.74 Å². The molecule has 12 atom stereocenters. The van der Waals surface area contributed by atoms with Crippen LogP contribution in [0.4, 0.5) is 0 Å². The van der Waals surface area contributed by atoms with Crippen LogP contribution in [-0.2, 0) is 56.9 Å². The molecule has 0 bridgehead atoms. The van der Waals surface area contributed by atoms with Crippen LogP contribution < -0.4 is 0 Å². The van der Waals surface area contributed by atoms with Gasteiger partial charge in [0, 0.05) is 22.6 Å². The number of hydrogen-bond donors (Lipinski definition) is 5. The van der Waals surface area contributed by atoms with Crippen molar-refractivity contribution < 1.29 is 80.8 Å². The second-order valence-electron chi connectivity index (χ2n) is 11.1. The largest absolute Gasteiger partial charge is 0.394 e. The Morgan fingerprint density at radius 2 is 1.17 bits per heavy atom. The van der Waals surface area contributed by atoms with E-state index < -0.39 is 71.1 Å². The molecule has 0 aromatic carbocycles. The number of aliphatic hydroxyl groups is 5. The molecule has 5 rings (SSSR count). The van der Waals surface area contributed by atoms with Gasteiger partial charge < -0.3 is 68.2 Å². The van der Waals surface area contributed by atoms with E-state index in [-0.39, 0.29) is 60.1 Å². The van der Waals surface area contributed by atoms with E-state index in [4.69, 9.17) is 67.6 Å². The van der Waals surface area contributed by atoms with E-state index >= 15 is 0 Å². The molecule has 5 aliphatic rings. The minimum atomic E-state index is -3.51. The molecule has 5 aliphatic heterocycles. The summed E-state index contributed by atoms with van der Waals surface area (Å²) in [6.07, 6.45) is -7.41. The number of methoxy groups -OCH3 is 2. The van der Waals surface area contributed by atoms with Gasteiger partial charge in [0.15, 0.2) is 30.4 Å². The van der Waals surface area contributed by atoms with Crippen molar-refractivity contribution in [2.24, 2.45) is 0 Å². The molecule has 5 N–H and O–H groups in total. The molecule has 0 aliphatic carbocycles. The molecule has 17 nitrogen and oxygen atoms in total. The highest BCUT2D eigenvalue weighted by molar-refractivity contribution is 7.85. The fourth-order valence-corrected chi connectivity index (χ4v) is 5.31. The van der Waals surface area contributed by atoms with Gasteiger partial charge in [0.2, 0.25) is 0 Å². The van der Waals surface area contributed by atoms with Crippen molar-refractivity contribution in [3.8, 4) is 0 Å². The molecule has 3 radical (unpaired) electrons. The van der Waals surface area contributed by atoms with Gasteiger partial charge in [0.25, 0.3) is 10.1 Å². The van der Waals surface area contributed by atoms with E-state index in [9.17, 15) is 8.42 Å². The summed E-state index contributed by atoms with van der Waals surface area (Å²) in [5.41, 5.74) is 0. The Morgan fingerprint density at radius 1 is 0.761 bits per heavy atom. The first-order chi connectivity index (χ1) is 20.4. The van der Waals surface area contributed by atoms with E-state index in [1.165, 1.54) is 7.11 Å². The minimum Gasteiger partial charge on any atom is -0.394 e. The average Bonchev–Trinajstić information content (AvgIpc) is 3.65. The third-order valence-electron chi connectivity index (χ3n) is 6.78. The highest BCUT2D eigenvalue weighted by Crippen LogP contribution is 2.40. The molecule has 5 saturated heterocycles. The summed E-state index contributed by atoms with van der Waals surface area (Å²) in [5.74, 6) is -1.36. The number of fused-ring (bicyclic) bond motifs is 2. The summed E-state index contributed by atoms with van der Waals surface area (Å²) in [5, 5.41) is 44.3. The topological polar surface area (TPSA) is 228 Å². The van der Waals surface area contributed by atoms with Crippen molar-refractivity contribution >= 4 is 18.5 Å². The molecular formula is C27H54BO17S. The fourth-order valence-electron chi connectivity index (χ4n) is 4.93. The molecular weight excluding hydrogens is 639 g/mol. The molecule has 0 aromatic heterocycles. The lowest BCUT2D eigenvalue weighted by Gasteiger charge is -2.31. The number of aliphatic hydroxyl groups excluding tert-OH is 5. The van der Waals surface area contributed by atoms with Crippen molar-refractivity contribution in [3.63, 3.8) is 0 Å². The zero-order valence-corrected chi connectivity index (χ0v) is 28.0. The van der Waals surface area contributed by atoms with Crippen LogP contribution in [0, 0.1) is 0 Å². The summed E-state index contributed by atoms with van der Waals surface area (Å²) >= 11 is 0. The zero-order valence-electron chi connectivity index (χ0n) is 27.2. The lowest BCUT2D eigenvalue weighted by atomic mass is 10.1. The van der Waals surface area contributed by atoms with Gasteiger partial charge in [-0.25, -0.2) is 0 Å². The van der Waals surface area contributed by atoms with Crippen LogP contribution in [0.3, 0.4) is 0 Å². The second kappa shape index (κ2) is 19.0. The highest BCUT2D eigenvalue weighted by Gasteiger charge is 2.56. The molecule has 5 fully saturated rings. The molecule has 19 heteroatoms. The van der Waals surface area contributed by atoms with Gasteiger partial charge in [0.05, 0.1) is 26.1 Å². The van der Waals surface area contributed by atoms with Crippen LogP contribution in [-0.4, -0.2) is 168 Å². The Balaban J connectivity index is 0.000000652. The van der Waals surface area contributed by atoms with Crippen molar-refractivity contribution in [3.05, 3.63) is 0 Å². The molecule has 0 amide bonds.